The number of aromatic amines is 1. The van der Waals surface area contributed by atoms with Crippen LogP contribution in [0.25, 0.3) is 10.9 Å². The second-order valence-electron chi connectivity index (χ2n) is 5.59. The minimum atomic E-state index is 0.787. The van der Waals surface area contributed by atoms with E-state index in [9.17, 15) is 0 Å². The van der Waals surface area contributed by atoms with Crippen LogP contribution >= 0.6 is 0 Å². The second-order valence-corrected chi connectivity index (χ2v) is 5.59. The summed E-state index contributed by atoms with van der Waals surface area (Å²) in [5.41, 5.74) is 5.46. The van der Waals surface area contributed by atoms with Gasteiger partial charge in [0.1, 0.15) is 5.75 Å². The van der Waals surface area contributed by atoms with E-state index in [1.165, 1.54) is 5.56 Å². The fourth-order valence-electron chi connectivity index (χ4n) is 2.77. The van der Waals surface area contributed by atoms with Crippen LogP contribution in [0, 0.1) is 0 Å². The van der Waals surface area contributed by atoms with Gasteiger partial charge >= 0.3 is 0 Å². The van der Waals surface area contributed by atoms with E-state index in [0.717, 1.165) is 46.5 Å². The minimum absolute atomic E-state index is 0.787. The molecular formula is C18H16N4O. The smallest absolute Gasteiger partial charge is 0.118 e. The number of hydrogen-bond donors (Lipinski definition) is 1. The Bertz CT molecular complexity index is 906. The zero-order chi connectivity index (χ0) is 15.6. The maximum atomic E-state index is 5.18. The van der Waals surface area contributed by atoms with Gasteiger partial charge in [-0.15, -0.1) is 0 Å². The molecule has 1 aliphatic rings. The van der Waals surface area contributed by atoms with Crippen LogP contribution in [0.15, 0.2) is 58.9 Å². The molecule has 0 spiro atoms. The molecule has 0 bridgehead atoms. The summed E-state index contributed by atoms with van der Waals surface area (Å²) >= 11 is 0. The van der Waals surface area contributed by atoms with Gasteiger partial charge < -0.3 is 4.74 Å². The topological polar surface area (TPSA) is 62.6 Å². The summed E-state index contributed by atoms with van der Waals surface area (Å²) in [6.45, 7) is 0. The molecule has 23 heavy (non-hydrogen) atoms. The van der Waals surface area contributed by atoms with Gasteiger partial charge in [0.25, 0.3) is 0 Å². The van der Waals surface area contributed by atoms with Gasteiger partial charge in [-0.3, -0.25) is 5.10 Å². The summed E-state index contributed by atoms with van der Waals surface area (Å²) < 4.78 is 5.18. The highest BCUT2D eigenvalue weighted by Crippen LogP contribution is 2.19. The third-order valence-corrected chi connectivity index (χ3v) is 4.02. The highest BCUT2D eigenvalue weighted by atomic mass is 16.5. The van der Waals surface area contributed by atoms with Crippen LogP contribution < -0.4 is 4.74 Å². The predicted octanol–water partition coefficient (Wildman–Crippen LogP) is 3.36. The number of ether oxygens (including phenoxy) is 1. The first kappa shape index (κ1) is 13.7. The van der Waals surface area contributed by atoms with E-state index in [1.807, 2.05) is 30.5 Å². The average molecular weight is 304 g/mol. The lowest BCUT2D eigenvalue weighted by Gasteiger charge is -2.04. The molecule has 0 radical (unpaired) electrons. The SMILES string of the molecule is COc1ccc(C2=NN=C(Cc3ccc4[nH]ncc4c3)C2)cc1. The Morgan fingerprint density at radius 2 is 1.96 bits per heavy atom. The molecule has 0 unspecified atom stereocenters. The third kappa shape index (κ3) is 2.73. The molecule has 0 saturated heterocycles. The first-order valence-corrected chi connectivity index (χ1v) is 7.50. The maximum absolute atomic E-state index is 5.18. The predicted molar refractivity (Wildman–Crippen MR) is 91.4 cm³/mol. The minimum Gasteiger partial charge on any atom is -0.497 e. The third-order valence-electron chi connectivity index (χ3n) is 4.02. The molecule has 1 aliphatic heterocycles. The molecular weight excluding hydrogens is 288 g/mol. The zero-order valence-electron chi connectivity index (χ0n) is 12.8. The average Bonchev–Trinajstić information content (AvgIpc) is 3.24. The Morgan fingerprint density at radius 1 is 1.09 bits per heavy atom. The van der Waals surface area contributed by atoms with Gasteiger partial charge in [-0.2, -0.15) is 15.3 Å². The second kappa shape index (κ2) is 5.68. The van der Waals surface area contributed by atoms with Crippen molar-refractivity contribution in [1.82, 2.24) is 10.2 Å². The van der Waals surface area contributed by atoms with Crippen LogP contribution in [0.1, 0.15) is 17.5 Å². The van der Waals surface area contributed by atoms with Gasteiger partial charge in [0.15, 0.2) is 0 Å². The Hall–Kier alpha value is -2.95. The van der Waals surface area contributed by atoms with Crippen LogP contribution in [-0.4, -0.2) is 28.7 Å². The van der Waals surface area contributed by atoms with E-state index in [4.69, 9.17) is 4.74 Å². The molecule has 5 nitrogen and oxygen atoms in total. The molecule has 114 valence electrons. The van der Waals surface area contributed by atoms with Crippen molar-refractivity contribution in [2.75, 3.05) is 7.11 Å². The first-order chi connectivity index (χ1) is 11.3. The van der Waals surface area contributed by atoms with Gasteiger partial charge in [-0.05, 0) is 47.5 Å². The normalized spacial score (nSPS) is 14.0. The zero-order valence-corrected chi connectivity index (χ0v) is 12.8. The highest BCUT2D eigenvalue weighted by molar-refractivity contribution is 6.15. The lowest BCUT2D eigenvalue weighted by atomic mass is 10.0. The number of rotatable bonds is 4. The quantitative estimate of drug-likeness (QED) is 0.803. The number of nitrogens with zero attached hydrogens (tertiary/aromatic N) is 3. The largest absolute Gasteiger partial charge is 0.497 e. The molecule has 0 fully saturated rings. The summed E-state index contributed by atoms with van der Waals surface area (Å²) in [4.78, 5) is 0. The monoisotopic (exact) mass is 304 g/mol. The van der Waals surface area contributed by atoms with Gasteiger partial charge in [-0.25, -0.2) is 0 Å². The Kier molecular flexibility index (Phi) is 3.38. The van der Waals surface area contributed by atoms with Crippen molar-refractivity contribution in [3.8, 4) is 5.75 Å². The number of hydrogen-bond acceptors (Lipinski definition) is 4. The van der Waals surface area contributed by atoms with Crippen molar-refractivity contribution in [3.63, 3.8) is 0 Å². The van der Waals surface area contributed by atoms with Crippen LogP contribution in [0.4, 0.5) is 0 Å². The van der Waals surface area contributed by atoms with E-state index in [1.54, 1.807) is 7.11 Å². The molecule has 1 N–H and O–H groups in total. The van der Waals surface area contributed by atoms with E-state index in [0.29, 0.717) is 0 Å². The number of nitrogens with one attached hydrogen (secondary N) is 1. The summed E-state index contributed by atoms with van der Waals surface area (Å²) in [5, 5.41) is 16.8. The lowest BCUT2D eigenvalue weighted by Crippen LogP contribution is -2.06. The first-order valence-electron chi connectivity index (χ1n) is 7.50. The summed E-state index contributed by atoms with van der Waals surface area (Å²) in [5.74, 6) is 0.849. The van der Waals surface area contributed by atoms with Crippen LogP contribution in [0.2, 0.25) is 0 Å². The number of fused-ring (bicyclic) bond motifs is 1. The number of benzene rings is 2. The molecule has 2 heterocycles. The van der Waals surface area contributed by atoms with Crippen molar-refractivity contribution in [2.24, 2.45) is 10.2 Å². The van der Waals surface area contributed by atoms with Gasteiger partial charge in [0.05, 0.1) is 30.2 Å². The number of H-pyrrole nitrogens is 1. The van der Waals surface area contributed by atoms with Gasteiger partial charge in [0.2, 0.25) is 0 Å². The van der Waals surface area contributed by atoms with Gasteiger partial charge in [0, 0.05) is 18.2 Å². The van der Waals surface area contributed by atoms with E-state index in [2.05, 4.69) is 38.6 Å². The molecule has 0 atom stereocenters. The summed E-state index contributed by atoms with van der Waals surface area (Å²) in [6.07, 6.45) is 3.44. The van der Waals surface area contributed by atoms with Crippen LogP contribution in [0.3, 0.4) is 0 Å². The van der Waals surface area contributed by atoms with Crippen LogP contribution in [-0.2, 0) is 6.42 Å². The van der Waals surface area contributed by atoms with Crippen molar-refractivity contribution in [2.45, 2.75) is 12.8 Å². The van der Waals surface area contributed by atoms with Gasteiger partial charge in [-0.1, -0.05) is 6.07 Å². The molecule has 1 aromatic heterocycles. The van der Waals surface area contributed by atoms with E-state index >= 15 is 0 Å². The molecule has 3 aromatic rings. The van der Waals surface area contributed by atoms with Crippen molar-refractivity contribution in [1.29, 1.82) is 0 Å². The van der Waals surface area contributed by atoms with E-state index < -0.39 is 0 Å². The molecule has 4 rings (SSSR count). The maximum Gasteiger partial charge on any atom is 0.118 e. The summed E-state index contributed by atoms with van der Waals surface area (Å²) in [7, 11) is 1.67. The standard InChI is InChI=1S/C18H16N4O/c1-23-16-5-3-13(4-6-16)18-10-15(20-22-18)9-12-2-7-17-14(8-12)11-19-21-17/h2-8,11H,9-10H2,1H3,(H,19,21). The molecule has 5 heteroatoms. The van der Waals surface area contributed by atoms with Crippen molar-refractivity contribution >= 4 is 22.3 Å². The molecule has 0 aliphatic carbocycles. The Morgan fingerprint density at radius 3 is 2.78 bits per heavy atom. The molecule has 0 saturated carbocycles. The Labute approximate surface area is 133 Å². The van der Waals surface area contributed by atoms with Crippen molar-refractivity contribution in [3.05, 3.63) is 59.8 Å². The fourth-order valence-corrected chi connectivity index (χ4v) is 2.77. The molecule has 0 amide bonds. The van der Waals surface area contributed by atoms with Crippen molar-refractivity contribution < 1.29 is 4.74 Å². The lowest BCUT2D eigenvalue weighted by molar-refractivity contribution is 0.415. The highest BCUT2D eigenvalue weighted by Gasteiger charge is 2.15. The van der Waals surface area contributed by atoms with Crippen LogP contribution in [0.5, 0.6) is 5.75 Å². The number of methoxy groups -OCH3 is 1. The fraction of sp³-hybridized carbons (Fsp3) is 0.167. The summed E-state index contributed by atoms with van der Waals surface area (Å²) in [6, 6.07) is 14.2. The molecule has 2 aromatic carbocycles. The van der Waals surface area contributed by atoms with E-state index in [-0.39, 0.29) is 0 Å². The Balaban J connectivity index is 1.46. The number of aromatic nitrogens is 2.